The van der Waals surface area contributed by atoms with Gasteiger partial charge in [0.15, 0.2) is 5.78 Å². The third kappa shape index (κ3) is 2.86. The van der Waals surface area contributed by atoms with Gasteiger partial charge in [0.05, 0.1) is 5.56 Å². The molecule has 3 nitrogen and oxygen atoms in total. The normalized spacial score (nSPS) is 11.6. The zero-order valence-electron chi connectivity index (χ0n) is 11.0. The largest absolute Gasteiger partial charge is 0.507 e. The Morgan fingerprint density at radius 3 is 2.41 bits per heavy atom. The van der Waals surface area contributed by atoms with E-state index in [1.165, 1.54) is 0 Å². The Balaban J connectivity index is 3.35. The van der Waals surface area contributed by atoms with E-state index in [9.17, 15) is 9.90 Å². The average molecular weight is 235 g/mol. The number of hydrogen-bond donors (Lipinski definition) is 2. The van der Waals surface area contributed by atoms with Crippen LogP contribution in [0.1, 0.15) is 48.7 Å². The highest BCUT2D eigenvalue weighted by Gasteiger charge is 2.23. The number of rotatable bonds is 3. The van der Waals surface area contributed by atoms with Crippen molar-refractivity contribution in [2.45, 2.75) is 39.5 Å². The van der Waals surface area contributed by atoms with Crippen LogP contribution in [0.3, 0.4) is 0 Å². The van der Waals surface area contributed by atoms with E-state index in [1.54, 1.807) is 0 Å². The van der Waals surface area contributed by atoms with Crippen LogP contribution in [0.5, 0.6) is 5.75 Å². The summed E-state index contributed by atoms with van der Waals surface area (Å²) in [5.74, 6) is 0.0181. The molecule has 1 rings (SSSR count). The summed E-state index contributed by atoms with van der Waals surface area (Å²) in [6.45, 7) is 8.16. The zero-order valence-corrected chi connectivity index (χ0v) is 11.0. The molecule has 0 aliphatic rings. The van der Waals surface area contributed by atoms with Crippen molar-refractivity contribution in [3.63, 3.8) is 0 Å². The van der Waals surface area contributed by atoms with Crippen LogP contribution in [0.25, 0.3) is 0 Å². The molecule has 94 valence electrons. The van der Waals surface area contributed by atoms with E-state index in [1.807, 2.05) is 39.8 Å². The maximum atomic E-state index is 11.9. The number of phenolic OH excluding ortho intramolecular Hbond substituents is 1. The van der Waals surface area contributed by atoms with Gasteiger partial charge >= 0.3 is 0 Å². The van der Waals surface area contributed by atoms with Crippen LogP contribution in [0.2, 0.25) is 0 Å². The highest BCUT2D eigenvalue weighted by atomic mass is 16.3. The van der Waals surface area contributed by atoms with Crippen molar-refractivity contribution in [1.29, 1.82) is 0 Å². The number of carbonyl (C=O) groups is 1. The molecule has 3 heteroatoms. The number of aryl methyl sites for hydroxylation is 1. The molecule has 0 aliphatic heterocycles. The second-order valence-corrected chi connectivity index (χ2v) is 5.37. The van der Waals surface area contributed by atoms with Gasteiger partial charge < -0.3 is 10.8 Å². The Labute approximate surface area is 103 Å². The van der Waals surface area contributed by atoms with Crippen LogP contribution in [0.4, 0.5) is 0 Å². The monoisotopic (exact) mass is 235 g/mol. The third-order valence-corrected chi connectivity index (χ3v) is 2.84. The molecule has 0 aromatic heterocycles. The van der Waals surface area contributed by atoms with E-state index in [2.05, 4.69) is 0 Å². The molecule has 0 atom stereocenters. The molecule has 1 aromatic rings. The molecule has 17 heavy (non-hydrogen) atoms. The topological polar surface area (TPSA) is 63.3 Å². The molecule has 0 saturated carbocycles. The van der Waals surface area contributed by atoms with Crippen LogP contribution >= 0.6 is 0 Å². The molecule has 0 unspecified atom stereocenters. The Hall–Kier alpha value is -1.35. The number of phenols is 1. The molecule has 0 amide bonds. The molecule has 0 aliphatic carbocycles. The number of nitrogens with two attached hydrogens (primary N) is 1. The van der Waals surface area contributed by atoms with Gasteiger partial charge in [-0.25, -0.2) is 0 Å². The maximum absolute atomic E-state index is 11.9. The second-order valence-electron chi connectivity index (χ2n) is 5.37. The Morgan fingerprint density at radius 2 is 1.94 bits per heavy atom. The Bertz CT molecular complexity index is 431. The molecule has 0 saturated heterocycles. The van der Waals surface area contributed by atoms with Crippen molar-refractivity contribution in [2.24, 2.45) is 5.73 Å². The fraction of sp³-hybridized carbons (Fsp3) is 0.500. The van der Waals surface area contributed by atoms with Crippen molar-refractivity contribution >= 4 is 5.78 Å². The van der Waals surface area contributed by atoms with E-state index < -0.39 is 0 Å². The number of ketones is 1. The van der Waals surface area contributed by atoms with Crippen molar-refractivity contribution in [2.75, 3.05) is 6.54 Å². The molecule has 0 bridgehead atoms. The van der Waals surface area contributed by atoms with Gasteiger partial charge in [-0.1, -0.05) is 32.9 Å². The molecule has 0 fully saturated rings. The summed E-state index contributed by atoms with van der Waals surface area (Å²) in [6, 6.07) is 3.76. The summed E-state index contributed by atoms with van der Waals surface area (Å²) >= 11 is 0. The average Bonchev–Trinajstić information content (AvgIpc) is 2.15. The standard InChI is InChI=1S/C14H21NO2/c1-9-5-6-10(14(2,3)4)13(17)12(9)11(16)7-8-15/h5-6,17H,7-8,15H2,1-4H3. The minimum atomic E-state index is -0.185. The number of Topliss-reactive ketones (excluding diaryl/α,β-unsaturated/α-hetero) is 1. The smallest absolute Gasteiger partial charge is 0.168 e. The van der Waals surface area contributed by atoms with Crippen LogP contribution in [0, 0.1) is 6.92 Å². The molecule has 0 heterocycles. The first kappa shape index (κ1) is 13.7. The maximum Gasteiger partial charge on any atom is 0.168 e. The molecular formula is C14H21NO2. The van der Waals surface area contributed by atoms with E-state index in [4.69, 9.17) is 5.73 Å². The minimum Gasteiger partial charge on any atom is -0.507 e. The molecule has 1 aromatic carbocycles. The fourth-order valence-corrected chi connectivity index (χ4v) is 1.91. The highest BCUT2D eigenvalue weighted by molar-refractivity contribution is 6.00. The van der Waals surface area contributed by atoms with Crippen molar-refractivity contribution in [3.8, 4) is 5.75 Å². The van der Waals surface area contributed by atoms with Crippen LogP contribution in [-0.4, -0.2) is 17.4 Å². The van der Waals surface area contributed by atoms with Gasteiger partial charge in [-0.2, -0.15) is 0 Å². The summed E-state index contributed by atoms with van der Waals surface area (Å²) in [5, 5.41) is 10.2. The number of aromatic hydroxyl groups is 1. The third-order valence-electron chi connectivity index (χ3n) is 2.84. The minimum absolute atomic E-state index is 0.0893. The van der Waals surface area contributed by atoms with E-state index in [0.29, 0.717) is 12.1 Å². The van der Waals surface area contributed by atoms with E-state index in [0.717, 1.165) is 11.1 Å². The molecule has 0 spiro atoms. The summed E-state index contributed by atoms with van der Waals surface area (Å²) in [7, 11) is 0. The van der Waals surface area contributed by atoms with Crippen LogP contribution < -0.4 is 5.73 Å². The first-order valence-electron chi connectivity index (χ1n) is 5.85. The van der Waals surface area contributed by atoms with Gasteiger partial charge in [0, 0.05) is 6.42 Å². The second kappa shape index (κ2) is 4.88. The Kier molecular flexibility index (Phi) is 3.94. The van der Waals surface area contributed by atoms with Gasteiger partial charge in [0.25, 0.3) is 0 Å². The van der Waals surface area contributed by atoms with Gasteiger partial charge in [-0.15, -0.1) is 0 Å². The summed E-state index contributed by atoms with van der Waals surface area (Å²) in [4.78, 5) is 11.9. The first-order valence-corrected chi connectivity index (χ1v) is 5.85. The summed E-state index contributed by atoms with van der Waals surface area (Å²) in [6.07, 6.45) is 0.266. The zero-order chi connectivity index (χ0) is 13.2. The Morgan fingerprint density at radius 1 is 1.35 bits per heavy atom. The molecule has 3 N–H and O–H groups in total. The number of hydrogen-bond acceptors (Lipinski definition) is 3. The van der Waals surface area contributed by atoms with Gasteiger partial charge in [-0.3, -0.25) is 4.79 Å². The SMILES string of the molecule is Cc1ccc(C(C)(C)C)c(O)c1C(=O)CCN. The lowest BCUT2D eigenvalue weighted by atomic mass is 9.83. The van der Waals surface area contributed by atoms with Crippen LogP contribution in [-0.2, 0) is 5.41 Å². The van der Waals surface area contributed by atoms with Crippen molar-refractivity contribution < 1.29 is 9.90 Å². The molecular weight excluding hydrogens is 214 g/mol. The quantitative estimate of drug-likeness (QED) is 0.791. The van der Waals surface area contributed by atoms with Crippen molar-refractivity contribution in [1.82, 2.24) is 0 Å². The lowest BCUT2D eigenvalue weighted by Crippen LogP contribution is -2.15. The first-order chi connectivity index (χ1) is 7.79. The lowest BCUT2D eigenvalue weighted by molar-refractivity contribution is 0.0982. The molecule has 0 radical (unpaired) electrons. The fourth-order valence-electron chi connectivity index (χ4n) is 1.91. The predicted octanol–water partition coefficient (Wildman–Crippen LogP) is 2.53. The van der Waals surface area contributed by atoms with Gasteiger partial charge in [0.2, 0.25) is 0 Å². The summed E-state index contributed by atoms with van der Waals surface area (Å²) < 4.78 is 0. The van der Waals surface area contributed by atoms with E-state index >= 15 is 0 Å². The summed E-state index contributed by atoms with van der Waals surface area (Å²) in [5.41, 5.74) is 7.22. The van der Waals surface area contributed by atoms with Gasteiger partial charge in [-0.05, 0) is 30.0 Å². The van der Waals surface area contributed by atoms with E-state index in [-0.39, 0.29) is 23.4 Å². The lowest BCUT2D eigenvalue weighted by Gasteiger charge is -2.22. The van der Waals surface area contributed by atoms with Gasteiger partial charge in [0.1, 0.15) is 5.75 Å². The van der Waals surface area contributed by atoms with Crippen LogP contribution in [0.15, 0.2) is 12.1 Å². The number of benzene rings is 1. The number of carbonyl (C=O) groups excluding carboxylic acids is 1. The predicted molar refractivity (Wildman–Crippen MR) is 69.5 cm³/mol. The van der Waals surface area contributed by atoms with Crippen molar-refractivity contribution in [3.05, 3.63) is 28.8 Å². The highest BCUT2D eigenvalue weighted by Crippen LogP contribution is 2.35.